The first kappa shape index (κ1) is 10.1. The van der Waals surface area contributed by atoms with Gasteiger partial charge in [-0.05, 0) is 25.0 Å². The molecule has 2 N–H and O–H groups in total. The average Bonchev–Trinajstić information content (AvgIpc) is 2.49. The Morgan fingerprint density at radius 2 is 2.27 bits per heavy atom. The topological polar surface area (TPSA) is 33.3 Å². The van der Waals surface area contributed by atoms with Gasteiger partial charge in [0.05, 0.1) is 18.5 Å². The van der Waals surface area contributed by atoms with E-state index in [-0.39, 0.29) is 0 Å². The molecule has 0 aliphatic carbocycles. The van der Waals surface area contributed by atoms with Crippen LogP contribution < -0.4 is 15.4 Å². The van der Waals surface area contributed by atoms with Gasteiger partial charge in [-0.1, -0.05) is 6.92 Å². The Morgan fingerprint density at radius 1 is 1.40 bits per heavy atom. The van der Waals surface area contributed by atoms with Crippen molar-refractivity contribution in [1.82, 2.24) is 0 Å². The van der Waals surface area contributed by atoms with Gasteiger partial charge in [0.1, 0.15) is 5.75 Å². The Morgan fingerprint density at radius 3 is 3.00 bits per heavy atom. The molecule has 0 radical (unpaired) electrons. The molecule has 0 bridgehead atoms. The van der Waals surface area contributed by atoms with Crippen LogP contribution in [0, 0.1) is 0 Å². The molecule has 1 atom stereocenters. The number of ether oxygens (including phenoxy) is 1. The van der Waals surface area contributed by atoms with Gasteiger partial charge in [-0.2, -0.15) is 0 Å². The van der Waals surface area contributed by atoms with Gasteiger partial charge in [0.2, 0.25) is 0 Å². The molecule has 1 aliphatic heterocycles. The van der Waals surface area contributed by atoms with E-state index in [1.165, 1.54) is 5.69 Å². The normalized spacial score (nSPS) is 19.5. The highest BCUT2D eigenvalue weighted by molar-refractivity contribution is 5.71. The molecule has 1 aromatic carbocycles. The summed E-state index contributed by atoms with van der Waals surface area (Å²) in [5, 5.41) is 6.96. The molecular formula is C12H18N2O. The first-order valence-electron chi connectivity index (χ1n) is 5.52. The van der Waals surface area contributed by atoms with Crippen molar-refractivity contribution in [3.63, 3.8) is 0 Å². The molecule has 3 nitrogen and oxygen atoms in total. The van der Waals surface area contributed by atoms with Crippen molar-refractivity contribution in [2.75, 3.05) is 24.3 Å². The van der Waals surface area contributed by atoms with Crippen LogP contribution in [0.25, 0.3) is 0 Å². The van der Waals surface area contributed by atoms with Gasteiger partial charge in [-0.15, -0.1) is 0 Å². The van der Waals surface area contributed by atoms with E-state index in [1.807, 2.05) is 12.1 Å². The molecular weight excluding hydrogens is 188 g/mol. The molecule has 82 valence electrons. The number of methoxy groups -OCH3 is 1. The van der Waals surface area contributed by atoms with E-state index < -0.39 is 0 Å². The molecule has 1 unspecified atom stereocenters. The Labute approximate surface area is 90.8 Å². The van der Waals surface area contributed by atoms with Crippen LogP contribution in [0.4, 0.5) is 11.4 Å². The molecule has 0 fully saturated rings. The number of anilines is 2. The maximum absolute atomic E-state index is 5.21. The number of fused-ring (bicyclic) bond motifs is 1. The quantitative estimate of drug-likeness (QED) is 0.780. The van der Waals surface area contributed by atoms with Crippen LogP contribution in [0.1, 0.15) is 19.8 Å². The zero-order chi connectivity index (χ0) is 10.7. The van der Waals surface area contributed by atoms with Crippen LogP contribution in [-0.2, 0) is 0 Å². The lowest BCUT2D eigenvalue weighted by Crippen LogP contribution is -2.18. The first-order chi connectivity index (χ1) is 7.33. The van der Waals surface area contributed by atoms with Gasteiger partial charge >= 0.3 is 0 Å². The van der Waals surface area contributed by atoms with Gasteiger partial charge in [0.25, 0.3) is 0 Å². The number of benzene rings is 1. The average molecular weight is 206 g/mol. The van der Waals surface area contributed by atoms with Crippen molar-refractivity contribution in [3.8, 4) is 5.75 Å². The zero-order valence-electron chi connectivity index (χ0n) is 9.34. The highest BCUT2D eigenvalue weighted by atomic mass is 16.5. The molecule has 1 heterocycles. The summed E-state index contributed by atoms with van der Waals surface area (Å²) in [6, 6.07) is 6.69. The van der Waals surface area contributed by atoms with Gasteiger partial charge in [-0.25, -0.2) is 0 Å². The summed E-state index contributed by atoms with van der Waals surface area (Å²) < 4.78 is 5.21. The fourth-order valence-corrected chi connectivity index (χ4v) is 1.90. The predicted octanol–water partition coefficient (Wildman–Crippen LogP) is 2.70. The highest BCUT2D eigenvalue weighted by Crippen LogP contribution is 2.30. The van der Waals surface area contributed by atoms with E-state index in [0.29, 0.717) is 6.04 Å². The fourth-order valence-electron chi connectivity index (χ4n) is 1.90. The van der Waals surface area contributed by atoms with Crippen molar-refractivity contribution in [2.24, 2.45) is 0 Å². The summed E-state index contributed by atoms with van der Waals surface area (Å²) in [5.41, 5.74) is 2.32. The van der Waals surface area contributed by atoms with Crippen LogP contribution in [0.5, 0.6) is 5.75 Å². The molecule has 0 saturated carbocycles. The summed E-state index contributed by atoms with van der Waals surface area (Å²) in [6.07, 6.45) is 2.32. The largest absolute Gasteiger partial charge is 0.497 e. The van der Waals surface area contributed by atoms with Crippen molar-refractivity contribution >= 4 is 11.4 Å². The van der Waals surface area contributed by atoms with Crippen molar-refractivity contribution in [1.29, 1.82) is 0 Å². The van der Waals surface area contributed by atoms with Gasteiger partial charge < -0.3 is 15.4 Å². The minimum atomic E-state index is 0.576. The molecule has 3 heteroatoms. The van der Waals surface area contributed by atoms with Crippen LogP contribution in [-0.4, -0.2) is 19.7 Å². The lowest BCUT2D eigenvalue weighted by molar-refractivity contribution is 0.415. The molecule has 2 rings (SSSR count). The first-order valence-corrected chi connectivity index (χ1v) is 5.52. The number of hydrogen-bond acceptors (Lipinski definition) is 3. The van der Waals surface area contributed by atoms with E-state index in [4.69, 9.17) is 4.74 Å². The minimum Gasteiger partial charge on any atom is -0.497 e. The molecule has 0 saturated heterocycles. The molecule has 0 spiro atoms. The lowest BCUT2D eigenvalue weighted by atomic mass is 10.1. The lowest BCUT2D eigenvalue weighted by Gasteiger charge is -2.15. The van der Waals surface area contributed by atoms with Gasteiger partial charge in [0, 0.05) is 18.7 Å². The Kier molecular flexibility index (Phi) is 2.99. The monoisotopic (exact) mass is 206 g/mol. The van der Waals surface area contributed by atoms with Gasteiger partial charge in [0.15, 0.2) is 0 Å². The third kappa shape index (κ3) is 2.17. The molecule has 0 aromatic heterocycles. The smallest absolute Gasteiger partial charge is 0.121 e. The molecule has 1 aromatic rings. The standard InChI is InChI=1S/C12H18N2O/c1-3-9-6-7-13-12-8-10(15-2)4-5-11(12)14-9/h4-5,8-9,13-14H,3,6-7H2,1-2H3. The Balaban J connectivity index is 2.25. The minimum absolute atomic E-state index is 0.576. The van der Waals surface area contributed by atoms with Crippen LogP contribution in [0.2, 0.25) is 0 Å². The molecule has 15 heavy (non-hydrogen) atoms. The second-order valence-electron chi connectivity index (χ2n) is 3.88. The number of rotatable bonds is 2. The Hall–Kier alpha value is -1.38. The maximum Gasteiger partial charge on any atom is 0.121 e. The van der Waals surface area contributed by atoms with Gasteiger partial charge in [-0.3, -0.25) is 0 Å². The summed E-state index contributed by atoms with van der Waals surface area (Å²) in [5.74, 6) is 0.901. The van der Waals surface area contributed by atoms with E-state index in [0.717, 1.165) is 30.8 Å². The van der Waals surface area contributed by atoms with E-state index in [9.17, 15) is 0 Å². The number of hydrogen-bond donors (Lipinski definition) is 2. The summed E-state index contributed by atoms with van der Waals surface area (Å²) in [6.45, 7) is 3.23. The van der Waals surface area contributed by atoms with Crippen LogP contribution >= 0.6 is 0 Å². The number of nitrogens with one attached hydrogen (secondary N) is 2. The van der Waals surface area contributed by atoms with Crippen LogP contribution in [0.3, 0.4) is 0 Å². The Bertz CT molecular complexity index is 338. The van der Waals surface area contributed by atoms with Crippen LogP contribution in [0.15, 0.2) is 18.2 Å². The van der Waals surface area contributed by atoms with Crippen molar-refractivity contribution < 1.29 is 4.74 Å². The van der Waals surface area contributed by atoms with Crippen molar-refractivity contribution in [2.45, 2.75) is 25.8 Å². The third-order valence-corrected chi connectivity index (χ3v) is 2.89. The van der Waals surface area contributed by atoms with E-state index in [2.05, 4.69) is 23.6 Å². The SMILES string of the molecule is CCC1CCNc2cc(OC)ccc2N1. The fraction of sp³-hybridized carbons (Fsp3) is 0.500. The zero-order valence-corrected chi connectivity index (χ0v) is 9.34. The third-order valence-electron chi connectivity index (χ3n) is 2.89. The maximum atomic E-state index is 5.21. The van der Waals surface area contributed by atoms with E-state index in [1.54, 1.807) is 7.11 Å². The molecule has 1 aliphatic rings. The van der Waals surface area contributed by atoms with Crippen molar-refractivity contribution in [3.05, 3.63) is 18.2 Å². The summed E-state index contributed by atoms with van der Waals surface area (Å²) in [4.78, 5) is 0. The second-order valence-corrected chi connectivity index (χ2v) is 3.88. The highest BCUT2D eigenvalue weighted by Gasteiger charge is 2.13. The molecule has 0 amide bonds. The second kappa shape index (κ2) is 4.43. The summed E-state index contributed by atoms with van der Waals surface area (Å²) >= 11 is 0. The van der Waals surface area contributed by atoms with E-state index >= 15 is 0 Å². The predicted molar refractivity (Wildman–Crippen MR) is 63.8 cm³/mol. The summed E-state index contributed by atoms with van der Waals surface area (Å²) in [7, 11) is 1.70.